The van der Waals surface area contributed by atoms with Gasteiger partial charge in [-0.25, -0.2) is 0 Å². The minimum atomic E-state index is -0.766. The Bertz CT molecular complexity index is 1420. The van der Waals surface area contributed by atoms with E-state index in [0.717, 1.165) is 55.3 Å². The van der Waals surface area contributed by atoms with Crippen molar-refractivity contribution >= 4 is 34.5 Å². The van der Waals surface area contributed by atoms with Crippen molar-refractivity contribution in [3.8, 4) is 11.5 Å². The summed E-state index contributed by atoms with van der Waals surface area (Å²) in [6.07, 6.45) is 3.88. The molecule has 1 aliphatic heterocycles. The van der Waals surface area contributed by atoms with Gasteiger partial charge in [-0.3, -0.25) is 29.8 Å². The number of hydrogen-bond donors (Lipinski definition) is 0. The molecule has 0 atom stereocenters. The van der Waals surface area contributed by atoms with Crippen LogP contribution in [0.25, 0.3) is 0 Å². The molecule has 38 heavy (non-hydrogen) atoms. The Labute approximate surface area is 222 Å². The van der Waals surface area contributed by atoms with Crippen LogP contribution in [0, 0.1) is 20.2 Å². The van der Waals surface area contributed by atoms with Crippen molar-refractivity contribution in [3.05, 3.63) is 89.8 Å². The quantitative estimate of drug-likeness (QED) is 0.306. The maximum absolute atomic E-state index is 13.2. The lowest BCUT2D eigenvalue weighted by Gasteiger charge is -2.43. The first kappa shape index (κ1) is 25.6. The van der Waals surface area contributed by atoms with Gasteiger partial charge in [0.2, 0.25) is 5.75 Å². The van der Waals surface area contributed by atoms with Crippen LogP contribution in [0.2, 0.25) is 5.02 Å². The molecule has 0 unspecified atom stereocenters. The second-order valence-corrected chi connectivity index (χ2v) is 9.82. The van der Waals surface area contributed by atoms with Gasteiger partial charge in [0.25, 0.3) is 5.69 Å². The number of rotatable bonds is 6. The van der Waals surface area contributed by atoms with E-state index in [0.29, 0.717) is 36.1 Å². The van der Waals surface area contributed by atoms with E-state index in [9.17, 15) is 29.8 Å². The summed E-state index contributed by atoms with van der Waals surface area (Å²) in [5, 5.41) is 22.7. The second-order valence-electron chi connectivity index (χ2n) is 9.41. The summed E-state index contributed by atoms with van der Waals surface area (Å²) in [4.78, 5) is 49.7. The molecule has 2 aromatic carbocycles. The van der Waals surface area contributed by atoms with Crippen molar-refractivity contribution < 1.29 is 24.2 Å². The number of carbonyl (C=O) groups excluding carboxylic acids is 2. The van der Waals surface area contributed by atoms with E-state index < -0.39 is 27.1 Å². The summed E-state index contributed by atoms with van der Waals surface area (Å²) in [6, 6.07) is 7.96. The molecule has 0 aromatic heterocycles. The lowest BCUT2D eigenvalue weighted by molar-refractivity contribution is -0.394. The van der Waals surface area contributed by atoms with Crippen molar-refractivity contribution in [2.24, 2.45) is 0 Å². The Morgan fingerprint density at radius 1 is 0.895 bits per heavy atom. The number of ether oxygens (including phenoxy) is 1. The van der Waals surface area contributed by atoms with Gasteiger partial charge in [-0.2, -0.15) is 0 Å². The van der Waals surface area contributed by atoms with E-state index in [1.165, 1.54) is 6.07 Å². The first-order chi connectivity index (χ1) is 18.2. The summed E-state index contributed by atoms with van der Waals surface area (Å²) < 4.78 is 5.71. The minimum absolute atomic E-state index is 0.0255. The van der Waals surface area contributed by atoms with Crippen molar-refractivity contribution in [3.63, 3.8) is 0 Å². The highest BCUT2D eigenvalue weighted by Crippen LogP contribution is 2.50. The maximum Gasteiger partial charge on any atom is 0.318 e. The number of nitrogens with zero attached hydrogens (tertiary/aromatic N) is 3. The summed E-state index contributed by atoms with van der Waals surface area (Å²) in [5.74, 6) is -0.586. The van der Waals surface area contributed by atoms with Gasteiger partial charge in [0.1, 0.15) is 5.75 Å². The van der Waals surface area contributed by atoms with Gasteiger partial charge in [0.05, 0.1) is 20.9 Å². The fraction of sp³-hybridized carbons (Fsp3) is 0.333. The SMILES string of the molecule is CCN1C2=C(C(=O)CCC2)C(c2ccc(Oc3ccc([N+](=O)[O-])cc3[N+](=O)[O-])c(Cl)c2)C2=C1CCCC2=O. The molecule has 11 heteroatoms. The van der Waals surface area contributed by atoms with Crippen LogP contribution in [0.5, 0.6) is 11.5 Å². The van der Waals surface area contributed by atoms with Crippen molar-refractivity contribution in [2.45, 2.75) is 51.4 Å². The van der Waals surface area contributed by atoms with Crippen LogP contribution in [0.4, 0.5) is 11.4 Å². The lowest BCUT2D eigenvalue weighted by atomic mass is 9.71. The van der Waals surface area contributed by atoms with Gasteiger partial charge < -0.3 is 9.64 Å². The van der Waals surface area contributed by atoms with Crippen LogP contribution in [-0.4, -0.2) is 32.9 Å². The van der Waals surface area contributed by atoms with E-state index in [1.807, 2.05) is 6.92 Å². The number of benzene rings is 2. The minimum Gasteiger partial charge on any atom is -0.449 e. The van der Waals surface area contributed by atoms with Crippen molar-refractivity contribution in [2.75, 3.05) is 6.54 Å². The molecule has 0 N–H and O–H groups in total. The van der Waals surface area contributed by atoms with Crippen LogP contribution in [0.3, 0.4) is 0 Å². The van der Waals surface area contributed by atoms with Crippen LogP contribution in [0.1, 0.15) is 56.9 Å². The van der Waals surface area contributed by atoms with Gasteiger partial charge in [-0.1, -0.05) is 17.7 Å². The van der Waals surface area contributed by atoms with E-state index >= 15 is 0 Å². The molecular weight excluding hydrogens is 514 g/mol. The summed E-state index contributed by atoms with van der Waals surface area (Å²) >= 11 is 6.58. The molecule has 10 nitrogen and oxygen atoms in total. The zero-order valence-electron chi connectivity index (χ0n) is 20.6. The first-order valence-corrected chi connectivity index (χ1v) is 12.8. The average molecular weight is 538 g/mol. The molecule has 3 aliphatic rings. The molecule has 196 valence electrons. The summed E-state index contributed by atoms with van der Waals surface area (Å²) in [5.41, 5.74) is 2.88. The number of nitro benzene ring substituents is 2. The van der Waals surface area contributed by atoms with E-state index in [2.05, 4.69) is 4.90 Å². The average Bonchev–Trinajstić information content (AvgIpc) is 2.89. The summed E-state index contributed by atoms with van der Waals surface area (Å²) in [6.45, 7) is 2.70. The monoisotopic (exact) mass is 537 g/mol. The number of hydrogen-bond acceptors (Lipinski definition) is 8. The number of Topliss-reactive ketones (excluding diaryl/α,β-unsaturated/α-hetero) is 2. The summed E-state index contributed by atoms with van der Waals surface area (Å²) in [7, 11) is 0. The predicted octanol–water partition coefficient (Wildman–Crippen LogP) is 6.38. The van der Waals surface area contributed by atoms with Gasteiger partial charge in [-0.05, 0) is 56.4 Å². The smallest absolute Gasteiger partial charge is 0.318 e. The zero-order chi connectivity index (χ0) is 27.1. The molecule has 0 bridgehead atoms. The van der Waals surface area contributed by atoms with E-state index in [-0.39, 0.29) is 28.1 Å². The molecule has 0 fully saturated rings. The molecular formula is C27H24ClN3O7. The Balaban J connectivity index is 1.57. The number of ketones is 2. The largest absolute Gasteiger partial charge is 0.449 e. The molecule has 0 saturated heterocycles. The number of carbonyl (C=O) groups is 2. The normalized spacial score (nSPS) is 17.9. The van der Waals surface area contributed by atoms with Gasteiger partial charge >= 0.3 is 5.69 Å². The predicted molar refractivity (Wildman–Crippen MR) is 138 cm³/mol. The van der Waals surface area contributed by atoms with Gasteiger partial charge in [-0.15, -0.1) is 0 Å². The van der Waals surface area contributed by atoms with Crippen LogP contribution < -0.4 is 4.74 Å². The highest BCUT2D eigenvalue weighted by atomic mass is 35.5. The fourth-order valence-electron chi connectivity index (χ4n) is 5.68. The third-order valence-electron chi connectivity index (χ3n) is 7.26. The highest BCUT2D eigenvalue weighted by Gasteiger charge is 2.43. The Morgan fingerprint density at radius 2 is 1.50 bits per heavy atom. The third-order valence-corrected chi connectivity index (χ3v) is 7.56. The second kappa shape index (κ2) is 10.0. The Kier molecular flexibility index (Phi) is 6.75. The fourth-order valence-corrected chi connectivity index (χ4v) is 5.91. The van der Waals surface area contributed by atoms with Crippen molar-refractivity contribution in [1.29, 1.82) is 0 Å². The number of nitro groups is 2. The molecule has 0 amide bonds. The van der Waals surface area contributed by atoms with Gasteiger partial charge in [0, 0.05) is 53.9 Å². The first-order valence-electron chi connectivity index (χ1n) is 12.4. The van der Waals surface area contributed by atoms with Crippen LogP contribution in [0.15, 0.2) is 58.9 Å². The topological polar surface area (TPSA) is 133 Å². The molecule has 5 rings (SSSR count). The van der Waals surface area contributed by atoms with E-state index in [4.69, 9.17) is 16.3 Å². The van der Waals surface area contributed by atoms with Crippen molar-refractivity contribution in [1.82, 2.24) is 4.90 Å². The highest BCUT2D eigenvalue weighted by molar-refractivity contribution is 6.32. The Morgan fingerprint density at radius 3 is 2.03 bits per heavy atom. The van der Waals surface area contributed by atoms with Gasteiger partial charge in [0.15, 0.2) is 11.6 Å². The maximum atomic E-state index is 13.2. The zero-order valence-corrected chi connectivity index (χ0v) is 21.3. The van der Waals surface area contributed by atoms with E-state index in [1.54, 1.807) is 12.1 Å². The number of allylic oxidation sites excluding steroid dienone is 4. The lowest BCUT2D eigenvalue weighted by Crippen LogP contribution is -2.39. The molecule has 0 radical (unpaired) electrons. The van der Waals surface area contributed by atoms with Crippen LogP contribution >= 0.6 is 11.6 Å². The molecule has 0 saturated carbocycles. The number of halogens is 1. The standard InChI is InChI=1S/C27H24ClN3O7/c1-2-29-18-5-3-7-21(32)26(18)25(27-19(29)6-4-8-22(27)33)15-9-11-23(17(28)13-15)38-24-12-10-16(30(34)35)14-20(24)31(36)37/h9-14,25H,2-8H2,1H3. The third kappa shape index (κ3) is 4.34. The molecule has 1 heterocycles. The van der Waals surface area contributed by atoms with Crippen LogP contribution in [-0.2, 0) is 9.59 Å². The Hall–Kier alpha value is -4.05. The molecule has 0 spiro atoms. The number of non-ortho nitro benzene ring substituents is 1. The molecule has 2 aromatic rings. The molecule has 2 aliphatic carbocycles.